The number of imide groups is 1. The highest BCUT2D eigenvalue weighted by atomic mass is 79.9. The predicted molar refractivity (Wildman–Crippen MR) is 103 cm³/mol. The maximum Gasteiger partial charge on any atom is 0.293 e. The number of carbonyl (C=O) groups excluding carboxylic acids is 2. The molecule has 0 aliphatic carbocycles. The molecule has 26 heavy (non-hydrogen) atoms. The van der Waals surface area contributed by atoms with Crippen LogP contribution in [0.5, 0.6) is 5.75 Å². The first kappa shape index (κ1) is 18.7. The quantitative estimate of drug-likeness (QED) is 0.603. The first-order valence-corrected chi connectivity index (χ1v) is 9.51. The van der Waals surface area contributed by atoms with E-state index in [1.165, 1.54) is 12.1 Å². The molecule has 0 bridgehead atoms. The van der Waals surface area contributed by atoms with Gasteiger partial charge < -0.3 is 4.74 Å². The van der Waals surface area contributed by atoms with Crippen LogP contribution in [0.1, 0.15) is 18.1 Å². The summed E-state index contributed by atoms with van der Waals surface area (Å²) in [6.07, 6.45) is 1.66. The monoisotopic (exact) mass is 435 g/mol. The maximum absolute atomic E-state index is 13.0. The molecule has 3 rings (SSSR count). The summed E-state index contributed by atoms with van der Waals surface area (Å²) in [5.74, 6) is -0.0892. The van der Waals surface area contributed by atoms with Gasteiger partial charge in [-0.15, -0.1) is 0 Å². The van der Waals surface area contributed by atoms with Crippen LogP contribution in [-0.4, -0.2) is 22.7 Å². The second-order valence-electron chi connectivity index (χ2n) is 5.51. The van der Waals surface area contributed by atoms with Gasteiger partial charge in [-0.2, -0.15) is 0 Å². The molecule has 1 saturated heterocycles. The van der Waals surface area contributed by atoms with Crippen molar-refractivity contribution in [3.63, 3.8) is 0 Å². The number of amides is 2. The zero-order valence-corrected chi connectivity index (χ0v) is 16.3. The summed E-state index contributed by atoms with van der Waals surface area (Å²) in [5.41, 5.74) is 1.40. The van der Waals surface area contributed by atoms with E-state index < -0.39 is 0 Å². The average Bonchev–Trinajstić information content (AvgIpc) is 2.87. The van der Waals surface area contributed by atoms with E-state index in [9.17, 15) is 14.0 Å². The maximum atomic E-state index is 13.0. The summed E-state index contributed by atoms with van der Waals surface area (Å²) in [7, 11) is 0. The van der Waals surface area contributed by atoms with Gasteiger partial charge in [0.05, 0.1) is 18.1 Å². The standard InChI is InChI=1S/C19H15BrFNO3S/c1-2-25-16-8-5-14(20)9-13(16)10-17-18(23)22(19(24)26-17)11-12-3-6-15(21)7-4-12/h3-10H,2,11H2,1H3/b17-10+. The lowest BCUT2D eigenvalue weighted by Crippen LogP contribution is -2.27. The number of rotatable bonds is 5. The topological polar surface area (TPSA) is 46.6 Å². The van der Waals surface area contributed by atoms with Crippen LogP contribution in [-0.2, 0) is 11.3 Å². The molecule has 1 heterocycles. The van der Waals surface area contributed by atoms with Crippen LogP contribution < -0.4 is 4.74 Å². The Morgan fingerprint density at radius 3 is 2.62 bits per heavy atom. The van der Waals surface area contributed by atoms with Crippen molar-refractivity contribution in [1.82, 2.24) is 4.90 Å². The summed E-state index contributed by atoms with van der Waals surface area (Å²) >= 11 is 4.29. The molecule has 0 unspecified atom stereocenters. The lowest BCUT2D eigenvalue weighted by molar-refractivity contribution is -0.123. The molecule has 2 aromatic carbocycles. The normalized spacial score (nSPS) is 15.8. The Morgan fingerprint density at radius 2 is 1.92 bits per heavy atom. The Morgan fingerprint density at radius 1 is 1.19 bits per heavy atom. The minimum atomic E-state index is -0.369. The largest absolute Gasteiger partial charge is 0.493 e. The Balaban J connectivity index is 1.85. The Hall–Kier alpha value is -2.12. The van der Waals surface area contributed by atoms with Gasteiger partial charge in [0.1, 0.15) is 11.6 Å². The van der Waals surface area contributed by atoms with Gasteiger partial charge in [0, 0.05) is 10.0 Å². The smallest absolute Gasteiger partial charge is 0.293 e. The zero-order chi connectivity index (χ0) is 18.7. The first-order valence-electron chi connectivity index (χ1n) is 7.90. The molecule has 0 N–H and O–H groups in total. The van der Waals surface area contributed by atoms with Crippen molar-refractivity contribution in [2.24, 2.45) is 0 Å². The molecule has 2 aromatic rings. The molecule has 1 fully saturated rings. The van der Waals surface area contributed by atoms with Crippen molar-refractivity contribution in [1.29, 1.82) is 0 Å². The molecule has 1 aliphatic rings. The van der Waals surface area contributed by atoms with E-state index in [0.717, 1.165) is 21.1 Å². The highest BCUT2D eigenvalue weighted by Gasteiger charge is 2.35. The van der Waals surface area contributed by atoms with Crippen molar-refractivity contribution in [2.75, 3.05) is 6.61 Å². The van der Waals surface area contributed by atoms with E-state index in [-0.39, 0.29) is 23.5 Å². The van der Waals surface area contributed by atoms with Crippen molar-refractivity contribution < 1.29 is 18.7 Å². The number of benzene rings is 2. The summed E-state index contributed by atoms with van der Waals surface area (Å²) in [6, 6.07) is 11.2. The zero-order valence-electron chi connectivity index (χ0n) is 13.9. The third kappa shape index (κ3) is 4.16. The third-order valence-corrected chi connectivity index (χ3v) is 5.09. The number of hydrogen-bond acceptors (Lipinski definition) is 4. The molecule has 2 amide bonds. The molecule has 0 atom stereocenters. The molecular weight excluding hydrogens is 421 g/mol. The molecule has 134 valence electrons. The van der Waals surface area contributed by atoms with Crippen molar-refractivity contribution >= 4 is 44.9 Å². The summed E-state index contributed by atoms with van der Waals surface area (Å²) < 4.78 is 19.4. The van der Waals surface area contributed by atoms with Gasteiger partial charge in [-0.05, 0) is 60.7 Å². The molecule has 0 saturated carbocycles. The minimum Gasteiger partial charge on any atom is -0.493 e. The summed E-state index contributed by atoms with van der Waals surface area (Å²) in [5, 5.41) is -0.349. The third-order valence-electron chi connectivity index (χ3n) is 3.69. The lowest BCUT2D eigenvalue weighted by atomic mass is 10.1. The Kier molecular flexibility index (Phi) is 5.78. The van der Waals surface area contributed by atoms with E-state index in [0.29, 0.717) is 28.4 Å². The molecule has 0 radical (unpaired) electrons. The van der Waals surface area contributed by atoms with Crippen molar-refractivity contribution in [3.8, 4) is 5.75 Å². The van der Waals surface area contributed by atoms with Gasteiger partial charge in [-0.3, -0.25) is 14.5 Å². The number of halogens is 2. The van der Waals surface area contributed by atoms with E-state index >= 15 is 0 Å². The van der Waals surface area contributed by atoms with Crippen LogP contribution in [0.3, 0.4) is 0 Å². The highest BCUT2D eigenvalue weighted by Crippen LogP contribution is 2.35. The van der Waals surface area contributed by atoms with Crippen LogP contribution in [0.25, 0.3) is 6.08 Å². The van der Waals surface area contributed by atoms with Crippen LogP contribution in [0, 0.1) is 5.82 Å². The van der Waals surface area contributed by atoms with Gasteiger partial charge in [-0.25, -0.2) is 4.39 Å². The second-order valence-corrected chi connectivity index (χ2v) is 7.42. The van der Waals surface area contributed by atoms with Crippen LogP contribution >= 0.6 is 27.7 Å². The number of ether oxygens (including phenoxy) is 1. The fraction of sp³-hybridized carbons (Fsp3) is 0.158. The van der Waals surface area contributed by atoms with Crippen molar-refractivity contribution in [2.45, 2.75) is 13.5 Å². The van der Waals surface area contributed by atoms with Gasteiger partial charge in [-0.1, -0.05) is 28.1 Å². The van der Waals surface area contributed by atoms with Gasteiger partial charge in [0.2, 0.25) is 0 Å². The molecule has 0 spiro atoms. The lowest BCUT2D eigenvalue weighted by Gasteiger charge is -2.12. The molecular formula is C19H15BrFNO3S. The molecule has 7 heteroatoms. The van der Waals surface area contributed by atoms with Crippen molar-refractivity contribution in [3.05, 3.63) is 68.8 Å². The molecule has 1 aliphatic heterocycles. The van der Waals surface area contributed by atoms with Crippen LogP contribution in [0.4, 0.5) is 9.18 Å². The van der Waals surface area contributed by atoms with Gasteiger partial charge in [0.25, 0.3) is 11.1 Å². The first-order chi connectivity index (χ1) is 12.5. The highest BCUT2D eigenvalue weighted by molar-refractivity contribution is 9.10. The summed E-state index contributed by atoms with van der Waals surface area (Å²) in [4.78, 5) is 26.4. The number of hydrogen-bond donors (Lipinski definition) is 0. The second kappa shape index (κ2) is 8.05. The fourth-order valence-corrected chi connectivity index (χ4v) is 3.68. The molecule has 0 aromatic heterocycles. The van der Waals surface area contributed by atoms with Crippen LogP contribution in [0.15, 0.2) is 51.8 Å². The predicted octanol–water partition coefficient (Wildman–Crippen LogP) is 5.22. The number of thioether (sulfide) groups is 1. The SMILES string of the molecule is CCOc1ccc(Br)cc1/C=C1/SC(=O)N(Cc2ccc(F)cc2)C1=O. The van der Waals surface area contributed by atoms with Crippen LogP contribution in [0.2, 0.25) is 0 Å². The number of nitrogens with zero attached hydrogens (tertiary/aromatic N) is 1. The average molecular weight is 436 g/mol. The van der Waals surface area contributed by atoms with E-state index in [1.54, 1.807) is 18.2 Å². The van der Waals surface area contributed by atoms with Gasteiger partial charge in [0.15, 0.2) is 0 Å². The Bertz CT molecular complexity index is 883. The number of carbonyl (C=O) groups is 2. The van der Waals surface area contributed by atoms with E-state index in [1.807, 2.05) is 25.1 Å². The molecule has 4 nitrogen and oxygen atoms in total. The Labute approximate surface area is 163 Å². The minimum absolute atomic E-state index is 0.110. The van der Waals surface area contributed by atoms with E-state index in [2.05, 4.69) is 15.9 Å². The summed E-state index contributed by atoms with van der Waals surface area (Å²) in [6.45, 7) is 2.48. The fourth-order valence-electron chi connectivity index (χ4n) is 2.47. The van der Waals surface area contributed by atoms with E-state index in [4.69, 9.17) is 4.74 Å². The van der Waals surface area contributed by atoms with Gasteiger partial charge >= 0.3 is 0 Å².